The smallest absolute Gasteiger partial charge is 0.336 e. The molecule has 0 aliphatic heterocycles. The van der Waals surface area contributed by atoms with Crippen molar-refractivity contribution >= 4 is 5.97 Å². The number of nitrogens with zero attached hydrogens (tertiary/aromatic N) is 1. The SMILES string of the molecule is Cc1cc(OC(=O)CN=O)cc2c1[C@]1(C)CCC3C(C)(C)CCC[C@]3(C)[C@H]1C2. The molecular weight excluding hydrogens is 350 g/mol. The van der Waals surface area contributed by atoms with Gasteiger partial charge in [-0.2, -0.15) is 4.91 Å². The van der Waals surface area contributed by atoms with E-state index in [0.717, 1.165) is 12.3 Å². The summed E-state index contributed by atoms with van der Waals surface area (Å²) in [7, 11) is 0. The second-order valence-corrected chi connectivity index (χ2v) is 10.6. The van der Waals surface area contributed by atoms with Crippen LogP contribution in [0.15, 0.2) is 17.3 Å². The van der Waals surface area contributed by atoms with Crippen molar-refractivity contribution in [1.29, 1.82) is 0 Å². The highest BCUT2D eigenvalue weighted by molar-refractivity contribution is 5.74. The number of ether oxygens (including phenoxy) is 1. The van der Waals surface area contributed by atoms with E-state index in [1.807, 2.05) is 12.1 Å². The second kappa shape index (κ2) is 6.40. The Hall–Kier alpha value is -1.71. The van der Waals surface area contributed by atoms with Gasteiger partial charge < -0.3 is 4.74 Å². The Labute approximate surface area is 168 Å². The van der Waals surface area contributed by atoms with Crippen molar-refractivity contribution in [2.24, 2.45) is 27.8 Å². The summed E-state index contributed by atoms with van der Waals surface area (Å²) in [5, 5.41) is 2.64. The first-order valence-electron chi connectivity index (χ1n) is 10.8. The molecule has 2 fully saturated rings. The Morgan fingerprint density at radius 1 is 1.14 bits per heavy atom. The predicted molar refractivity (Wildman–Crippen MR) is 110 cm³/mol. The van der Waals surface area contributed by atoms with Gasteiger partial charge in [0.25, 0.3) is 0 Å². The van der Waals surface area contributed by atoms with E-state index >= 15 is 0 Å². The highest BCUT2D eigenvalue weighted by Gasteiger charge is 2.61. The molecule has 0 saturated heterocycles. The van der Waals surface area contributed by atoms with Gasteiger partial charge in [-0.05, 0) is 95.9 Å². The fraction of sp³-hybridized carbons (Fsp3) is 0.708. The van der Waals surface area contributed by atoms with E-state index in [4.69, 9.17) is 4.74 Å². The fourth-order valence-electron chi connectivity index (χ4n) is 7.71. The van der Waals surface area contributed by atoms with Crippen LogP contribution in [0.25, 0.3) is 0 Å². The van der Waals surface area contributed by atoms with Crippen molar-refractivity contribution in [3.63, 3.8) is 0 Å². The topological polar surface area (TPSA) is 55.7 Å². The van der Waals surface area contributed by atoms with Gasteiger partial charge in [-0.1, -0.05) is 39.3 Å². The van der Waals surface area contributed by atoms with Crippen molar-refractivity contribution in [1.82, 2.24) is 0 Å². The largest absolute Gasteiger partial charge is 0.425 e. The molecule has 4 heteroatoms. The summed E-state index contributed by atoms with van der Waals surface area (Å²) in [5.74, 6) is 1.38. The van der Waals surface area contributed by atoms with Gasteiger partial charge in [0.2, 0.25) is 0 Å². The monoisotopic (exact) mass is 383 g/mol. The van der Waals surface area contributed by atoms with E-state index in [9.17, 15) is 9.70 Å². The maximum absolute atomic E-state index is 11.7. The molecule has 28 heavy (non-hydrogen) atoms. The van der Waals surface area contributed by atoms with E-state index in [1.54, 1.807) is 0 Å². The molecule has 0 bridgehead atoms. The highest BCUT2D eigenvalue weighted by Crippen LogP contribution is 2.67. The van der Waals surface area contributed by atoms with E-state index in [1.165, 1.54) is 48.8 Å². The maximum atomic E-state index is 11.7. The molecule has 0 N–H and O–H groups in total. The Kier molecular flexibility index (Phi) is 4.48. The third-order valence-corrected chi connectivity index (χ3v) is 8.60. The van der Waals surface area contributed by atoms with Gasteiger partial charge in [0, 0.05) is 0 Å². The number of rotatable bonds is 3. The zero-order valence-electron chi connectivity index (χ0n) is 17.9. The minimum absolute atomic E-state index is 0.199. The highest BCUT2D eigenvalue weighted by atomic mass is 16.5. The van der Waals surface area contributed by atoms with Crippen LogP contribution in [0.5, 0.6) is 5.75 Å². The van der Waals surface area contributed by atoms with Crippen molar-refractivity contribution in [3.05, 3.63) is 33.7 Å². The zero-order chi connectivity index (χ0) is 20.3. The molecule has 4 atom stereocenters. The molecule has 0 aromatic heterocycles. The first kappa shape index (κ1) is 19.6. The first-order valence-corrected chi connectivity index (χ1v) is 10.8. The lowest BCUT2D eigenvalue weighted by Crippen LogP contribution is -2.55. The standard InChI is InChI=1S/C24H33NO3/c1-15-11-17(28-20(26)14-25-27)12-16-13-19-23(4)9-6-8-22(2,3)18(23)7-10-24(19,5)21(15)16/h11-12,18-19H,6-10,13-14H2,1-5H3/t18?,19-,23+,24-/m1/s1. The first-order chi connectivity index (χ1) is 13.1. The lowest BCUT2D eigenvalue weighted by atomic mass is 9.43. The van der Waals surface area contributed by atoms with E-state index in [0.29, 0.717) is 22.5 Å². The minimum Gasteiger partial charge on any atom is -0.425 e. The average molecular weight is 384 g/mol. The molecule has 3 aliphatic rings. The van der Waals surface area contributed by atoms with Gasteiger partial charge in [0.1, 0.15) is 5.75 Å². The Morgan fingerprint density at radius 3 is 2.61 bits per heavy atom. The number of esters is 1. The number of aryl methyl sites for hydroxylation is 1. The molecule has 152 valence electrons. The van der Waals surface area contributed by atoms with Gasteiger partial charge in [-0.25, -0.2) is 4.79 Å². The third-order valence-electron chi connectivity index (χ3n) is 8.60. The van der Waals surface area contributed by atoms with Crippen molar-refractivity contribution < 1.29 is 9.53 Å². The molecule has 4 nitrogen and oxygen atoms in total. The zero-order valence-corrected chi connectivity index (χ0v) is 17.9. The lowest BCUT2D eigenvalue weighted by molar-refractivity contribution is -0.132. The molecule has 1 unspecified atom stereocenters. The van der Waals surface area contributed by atoms with Crippen molar-refractivity contribution in [2.45, 2.75) is 78.6 Å². The Morgan fingerprint density at radius 2 is 1.89 bits per heavy atom. The molecule has 1 aromatic carbocycles. The van der Waals surface area contributed by atoms with Crippen molar-refractivity contribution in [2.75, 3.05) is 6.54 Å². The number of carbonyl (C=O) groups excluding carboxylic acids is 1. The third kappa shape index (κ3) is 2.74. The molecular formula is C24H33NO3. The maximum Gasteiger partial charge on any atom is 0.336 e. The summed E-state index contributed by atoms with van der Waals surface area (Å²) in [5.41, 5.74) is 5.00. The van der Waals surface area contributed by atoms with Crippen LogP contribution >= 0.6 is 0 Å². The molecule has 1 aromatic rings. The minimum atomic E-state index is -0.586. The molecule has 4 rings (SSSR count). The summed E-state index contributed by atoms with van der Waals surface area (Å²) in [6, 6.07) is 4.01. The second-order valence-electron chi connectivity index (χ2n) is 10.6. The lowest BCUT2D eigenvalue weighted by Gasteiger charge is -2.61. The van der Waals surface area contributed by atoms with Gasteiger partial charge in [-0.15, -0.1) is 0 Å². The molecule has 2 saturated carbocycles. The summed E-state index contributed by atoms with van der Waals surface area (Å²) >= 11 is 0. The summed E-state index contributed by atoms with van der Waals surface area (Å²) in [4.78, 5) is 22.1. The van der Waals surface area contributed by atoms with Crippen LogP contribution in [0.4, 0.5) is 0 Å². The number of hydrogen-bond donors (Lipinski definition) is 0. The number of fused-ring (bicyclic) bond motifs is 5. The Balaban J connectivity index is 1.72. The number of carbonyl (C=O) groups is 1. The van der Waals surface area contributed by atoms with Crippen LogP contribution < -0.4 is 4.74 Å². The normalized spacial score (nSPS) is 35.5. The number of nitroso groups, excluding NO2 is 1. The van der Waals surface area contributed by atoms with Crippen LogP contribution in [0.3, 0.4) is 0 Å². The molecule has 0 amide bonds. The fourth-order valence-corrected chi connectivity index (χ4v) is 7.71. The van der Waals surface area contributed by atoms with Crippen LogP contribution in [-0.2, 0) is 16.6 Å². The van der Waals surface area contributed by atoms with Crippen LogP contribution in [0.2, 0.25) is 0 Å². The van der Waals surface area contributed by atoms with Gasteiger partial charge in [0.05, 0.1) is 0 Å². The average Bonchev–Trinajstić information content (AvgIpc) is 2.88. The molecule has 3 aliphatic carbocycles. The van der Waals surface area contributed by atoms with E-state index < -0.39 is 12.5 Å². The van der Waals surface area contributed by atoms with E-state index in [-0.39, 0.29) is 5.41 Å². The van der Waals surface area contributed by atoms with Gasteiger partial charge in [0.15, 0.2) is 6.54 Å². The van der Waals surface area contributed by atoms with Crippen LogP contribution in [0.1, 0.15) is 76.5 Å². The summed E-state index contributed by atoms with van der Waals surface area (Å²) in [6.07, 6.45) is 7.59. The molecule has 0 radical (unpaired) electrons. The van der Waals surface area contributed by atoms with Crippen molar-refractivity contribution in [3.8, 4) is 5.75 Å². The van der Waals surface area contributed by atoms with Crippen LogP contribution in [0, 0.1) is 34.5 Å². The quantitative estimate of drug-likeness (QED) is 0.381. The number of benzene rings is 1. The summed E-state index contributed by atoms with van der Waals surface area (Å²) in [6.45, 7) is 11.7. The van der Waals surface area contributed by atoms with Gasteiger partial charge >= 0.3 is 5.97 Å². The Bertz CT molecular complexity index is 829. The molecule has 0 heterocycles. The van der Waals surface area contributed by atoms with E-state index in [2.05, 4.69) is 39.8 Å². The molecule has 0 spiro atoms. The number of hydrogen-bond acceptors (Lipinski definition) is 4. The summed E-state index contributed by atoms with van der Waals surface area (Å²) < 4.78 is 5.38. The van der Waals surface area contributed by atoms with Crippen LogP contribution in [-0.4, -0.2) is 12.5 Å². The van der Waals surface area contributed by atoms with Gasteiger partial charge in [-0.3, -0.25) is 0 Å². The predicted octanol–water partition coefficient (Wildman–Crippen LogP) is 5.72.